The Morgan fingerprint density at radius 2 is 2.04 bits per heavy atom. The molecule has 0 bridgehead atoms. The SMILES string of the molecule is Cc1c(C(=O)N2C[C@H]3CN(C)C[C@@]3(C)C2)[nH]c2c1C(=O)CCC2. The number of hydrogen-bond acceptors (Lipinski definition) is 3. The lowest BCUT2D eigenvalue weighted by Gasteiger charge is -2.23. The van der Waals surface area contributed by atoms with Gasteiger partial charge in [-0.2, -0.15) is 0 Å². The van der Waals surface area contributed by atoms with Crippen LogP contribution in [0.15, 0.2) is 0 Å². The summed E-state index contributed by atoms with van der Waals surface area (Å²) in [7, 11) is 2.16. The van der Waals surface area contributed by atoms with Crippen LogP contribution in [0.2, 0.25) is 0 Å². The van der Waals surface area contributed by atoms with E-state index < -0.39 is 0 Å². The molecule has 0 radical (unpaired) electrons. The molecule has 5 heteroatoms. The standard InChI is InChI=1S/C18H25N3O2/c1-11-15-13(5-4-6-14(15)22)19-16(11)17(23)21-8-12-7-20(3)9-18(12,2)10-21/h12,19H,4-10H2,1-3H3/t12-,18+/m1/s1. The van der Waals surface area contributed by atoms with Gasteiger partial charge in [-0.25, -0.2) is 0 Å². The molecule has 0 spiro atoms. The van der Waals surface area contributed by atoms with E-state index in [2.05, 4.69) is 23.9 Å². The van der Waals surface area contributed by atoms with E-state index >= 15 is 0 Å². The zero-order valence-electron chi connectivity index (χ0n) is 14.2. The highest BCUT2D eigenvalue weighted by atomic mass is 16.2. The van der Waals surface area contributed by atoms with Gasteiger partial charge >= 0.3 is 0 Å². The molecule has 2 saturated heterocycles. The molecule has 23 heavy (non-hydrogen) atoms. The Hall–Kier alpha value is -1.62. The molecule has 0 unspecified atom stereocenters. The molecule has 5 nitrogen and oxygen atoms in total. The summed E-state index contributed by atoms with van der Waals surface area (Å²) in [5.41, 5.74) is 3.45. The predicted molar refractivity (Wildman–Crippen MR) is 87.8 cm³/mol. The molecule has 0 saturated carbocycles. The van der Waals surface area contributed by atoms with Crippen LogP contribution in [0.3, 0.4) is 0 Å². The van der Waals surface area contributed by atoms with Gasteiger partial charge in [0.1, 0.15) is 5.69 Å². The summed E-state index contributed by atoms with van der Waals surface area (Å²) in [6.45, 7) is 7.98. The maximum Gasteiger partial charge on any atom is 0.270 e. The fraction of sp³-hybridized carbons (Fsp3) is 0.667. The summed E-state index contributed by atoms with van der Waals surface area (Å²) in [5.74, 6) is 0.817. The Kier molecular flexibility index (Phi) is 3.21. The Morgan fingerprint density at radius 3 is 2.74 bits per heavy atom. The molecule has 4 rings (SSSR count). The molecular formula is C18H25N3O2. The van der Waals surface area contributed by atoms with Crippen LogP contribution < -0.4 is 0 Å². The Labute approximate surface area is 137 Å². The summed E-state index contributed by atoms with van der Waals surface area (Å²) >= 11 is 0. The highest BCUT2D eigenvalue weighted by molar-refractivity contribution is 6.04. The maximum absolute atomic E-state index is 13.0. The summed E-state index contributed by atoms with van der Waals surface area (Å²) < 4.78 is 0. The number of nitrogens with one attached hydrogen (secondary N) is 1. The number of Topliss-reactive ketones (excluding diaryl/α,β-unsaturated/α-hetero) is 1. The molecule has 1 amide bonds. The molecule has 2 aliphatic heterocycles. The van der Waals surface area contributed by atoms with Crippen molar-refractivity contribution in [1.29, 1.82) is 0 Å². The topological polar surface area (TPSA) is 56.4 Å². The minimum atomic E-state index is 0.0722. The number of likely N-dealkylation sites (tertiary alicyclic amines) is 2. The molecule has 1 aromatic rings. The number of aromatic nitrogens is 1. The van der Waals surface area contributed by atoms with E-state index in [1.54, 1.807) is 0 Å². The highest BCUT2D eigenvalue weighted by Crippen LogP contribution is 2.42. The number of rotatable bonds is 1. The minimum absolute atomic E-state index is 0.0722. The number of nitrogens with zero attached hydrogens (tertiary/aromatic N) is 2. The Balaban J connectivity index is 1.61. The first-order chi connectivity index (χ1) is 10.9. The number of aromatic amines is 1. The second kappa shape index (κ2) is 4.94. The number of carbonyl (C=O) groups is 2. The largest absolute Gasteiger partial charge is 0.354 e. The third kappa shape index (κ3) is 2.17. The highest BCUT2D eigenvalue weighted by Gasteiger charge is 2.49. The fourth-order valence-electron chi connectivity index (χ4n) is 4.93. The number of aryl methyl sites for hydroxylation is 1. The smallest absolute Gasteiger partial charge is 0.270 e. The monoisotopic (exact) mass is 315 g/mol. The molecule has 124 valence electrons. The zero-order valence-corrected chi connectivity index (χ0v) is 14.2. The molecule has 1 aromatic heterocycles. The quantitative estimate of drug-likeness (QED) is 0.861. The fourth-order valence-corrected chi connectivity index (χ4v) is 4.93. The molecule has 2 atom stereocenters. The van der Waals surface area contributed by atoms with Crippen molar-refractivity contribution < 1.29 is 9.59 Å². The van der Waals surface area contributed by atoms with E-state index in [-0.39, 0.29) is 17.1 Å². The molecule has 2 fully saturated rings. The van der Waals surface area contributed by atoms with Crippen molar-refractivity contribution in [2.24, 2.45) is 11.3 Å². The summed E-state index contributed by atoms with van der Waals surface area (Å²) in [6.07, 6.45) is 2.37. The molecular weight excluding hydrogens is 290 g/mol. The van der Waals surface area contributed by atoms with Gasteiger partial charge < -0.3 is 14.8 Å². The van der Waals surface area contributed by atoms with E-state index in [1.165, 1.54) is 0 Å². The zero-order chi connectivity index (χ0) is 16.4. The van der Waals surface area contributed by atoms with Crippen molar-refractivity contribution in [2.75, 3.05) is 33.2 Å². The first kappa shape index (κ1) is 14.9. The van der Waals surface area contributed by atoms with Crippen LogP contribution in [0.25, 0.3) is 0 Å². The second-order valence-electron chi connectivity index (χ2n) is 7.99. The van der Waals surface area contributed by atoms with Crippen LogP contribution >= 0.6 is 0 Å². The lowest BCUT2D eigenvalue weighted by atomic mass is 9.83. The molecule has 1 N–H and O–H groups in total. The Bertz CT molecular complexity index is 693. The third-order valence-corrected chi connectivity index (χ3v) is 6.08. The normalized spacial score (nSPS) is 30.7. The second-order valence-corrected chi connectivity index (χ2v) is 7.99. The number of ketones is 1. The van der Waals surface area contributed by atoms with Crippen LogP contribution in [0.4, 0.5) is 0 Å². The van der Waals surface area contributed by atoms with Gasteiger partial charge in [-0.3, -0.25) is 9.59 Å². The van der Waals surface area contributed by atoms with Gasteiger partial charge in [-0.1, -0.05) is 6.92 Å². The third-order valence-electron chi connectivity index (χ3n) is 6.08. The van der Waals surface area contributed by atoms with Crippen LogP contribution in [-0.2, 0) is 6.42 Å². The summed E-state index contributed by atoms with van der Waals surface area (Å²) in [5, 5.41) is 0. The first-order valence-electron chi connectivity index (χ1n) is 8.61. The van der Waals surface area contributed by atoms with Gasteiger partial charge in [0.25, 0.3) is 5.91 Å². The molecule has 0 aromatic carbocycles. The van der Waals surface area contributed by atoms with Crippen molar-refractivity contribution in [3.05, 3.63) is 22.5 Å². The lowest BCUT2D eigenvalue weighted by Crippen LogP contribution is -2.35. The van der Waals surface area contributed by atoms with E-state index in [0.29, 0.717) is 18.0 Å². The predicted octanol–water partition coefficient (Wildman–Crippen LogP) is 1.87. The molecule has 1 aliphatic carbocycles. The summed E-state index contributed by atoms with van der Waals surface area (Å²) in [6, 6.07) is 0. The van der Waals surface area contributed by atoms with Gasteiger partial charge in [-0.15, -0.1) is 0 Å². The van der Waals surface area contributed by atoms with Gasteiger partial charge in [0, 0.05) is 49.3 Å². The van der Waals surface area contributed by atoms with Gasteiger partial charge in [0.05, 0.1) is 0 Å². The van der Waals surface area contributed by atoms with Crippen molar-refractivity contribution in [2.45, 2.75) is 33.1 Å². The van der Waals surface area contributed by atoms with Crippen molar-refractivity contribution in [3.63, 3.8) is 0 Å². The first-order valence-corrected chi connectivity index (χ1v) is 8.61. The Morgan fingerprint density at radius 1 is 1.26 bits per heavy atom. The maximum atomic E-state index is 13.0. The summed E-state index contributed by atoms with van der Waals surface area (Å²) in [4.78, 5) is 32.8. The minimum Gasteiger partial charge on any atom is -0.354 e. The number of carbonyl (C=O) groups excluding carboxylic acids is 2. The number of amides is 1. The lowest BCUT2D eigenvalue weighted by molar-refractivity contribution is 0.0759. The number of H-pyrrole nitrogens is 1. The van der Waals surface area contributed by atoms with E-state index in [4.69, 9.17) is 0 Å². The van der Waals surface area contributed by atoms with Crippen LogP contribution in [0.1, 0.15) is 51.9 Å². The number of fused-ring (bicyclic) bond motifs is 2. The van der Waals surface area contributed by atoms with Crippen LogP contribution in [0, 0.1) is 18.3 Å². The van der Waals surface area contributed by atoms with Crippen LogP contribution in [0.5, 0.6) is 0 Å². The van der Waals surface area contributed by atoms with E-state index in [0.717, 1.165) is 55.8 Å². The number of hydrogen-bond donors (Lipinski definition) is 1. The van der Waals surface area contributed by atoms with E-state index in [1.807, 2.05) is 11.8 Å². The van der Waals surface area contributed by atoms with Crippen LogP contribution in [-0.4, -0.2) is 59.7 Å². The van der Waals surface area contributed by atoms with Gasteiger partial charge in [0.2, 0.25) is 0 Å². The van der Waals surface area contributed by atoms with Gasteiger partial charge in [-0.05, 0) is 38.3 Å². The average molecular weight is 315 g/mol. The van der Waals surface area contributed by atoms with E-state index in [9.17, 15) is 9.59 Å². The average Bonchev–Trinajstić information content (AvgIpc) is 3.06. The molecule has 3 aliphatic rings. The van der Waals surface area contributed by atoms with Crippen molar-refractivity contribution >= 4 is 11.7 Å². The molecule has 3 heterocycles. The van der Waals surface area contributed by atoms with Gasteiger partial charge in [0.15, 0.2) is 5.78 Å². The van der Waals surface area contributed by atoms with Crippen molar-refractivity contribution in [1.82, 2.24) is 14.8 Å². The van der Waals surface area contributed by atoms with Crippen molar-refractivity contribution in [3.8, 4) is 0 Å².